The molecule has 1 N–H and O–H groups in total. The molecule has 0 bridgehead atoms. The molecular weight excluding hydrogens is 276 g/mol. The lowest BCUT2D eigenvalue weighted by atomic mass is 9.84. The molecule has 2 rings (SSSR count). The van der Waals surface area contributed by atoms with Crippen molar-refractivity contribution in [3.05, 3.63) is 35.4 Å². The molecule has 4 heteroatoms. The van der Waals surface area contributed by atoms with Gasteiger partial charge in [-0.05, 0) is 42.5 Å². The maximum Gasteiger partial charge on any atom is 0.412 e. The van der Waals surface area contributed by atoms with Gasteiger partial charge in [-0.15, -0.1) is 0 Å². The zero-order valence-corrected chi connectivity index (χ0v) is 13.4. The molecule has 1 amide bonds. The molecule has 1 aliphatic rings. The lowest BCUT2D eigenvalue weighted by molar-refractivity contribution is 0.00471. The van der Waals surface area contributed by atoms with Crippen LogP contribution in [0, 0.1) is 11.3 Å². The summed E-state index contributed by atoms with van der Waals surface area (Å²) in [7, 11) is 0. The highest BCUT2D eigenvalue weighted by molar-refractivity contribution is 5.89. The quantitative estimate of drug-likeness (QED) is 0.780. The molecular formula is C18H22N2O2. The van der Waals surface area contributed by atoms with Crippen molar-refractivity contribution in [2.75, 3.05) is 5.32 Å². The summed E-state index contributed by atoms with van der Waals surface area (Å²) in [5.41, 5.74) is 3.25. The molecule has 0 saturated heterocycles. The smallest absolute Gasteiger partial charge is 0.412 e. The Morgan fingerprint density at radius 1 is 1.36 bits per heavy atom. The molecule has 1 heterocycles. The topological polar surface area (TPSA) is 62.1 Å². The van der Waals surface area contributed by atoms with E-state index in [-0.39, 0.29) is 0 Å². The number of amides is 1. The number of hydrogen-bond donors (Lipinski definition) is 1. The summed E-state index contributed by atoms with van der Waals surface area (Å²) in [6.45, 7) is 6.14. The minimum atomic E-state index is -0.586. The zero-order chi connectivity index (χ0) is 16.2. The second-order valence-corrected chi connectivity index (χ2v) is 5.52. The Morgan fingerprint density at radius 2 is 2.09 bits per heavy atom. The van der Waals surface area contributed by atoms with Crippen molar-refractivity contribution in [2.45, 2.75) is 52.1 Å². The first kappa shape index (κ1) is 16.1. The molecule has 0 aromatic heterocycles. The molecule has 0 unspecified atom stereocenters. The molecule has 4 nitrogen and oxygen atoms in total. The van der Waals surface area contributed by atoms with Crippen LogP contribution in [0.15, 0.2) is 24.3 Å². The average Bonchev–Trinajstić information content (AvgIpc) is 2.53. The summed E-state index contributed by atoms with van der Waals surface area (Å²) in [6.07, 6.45) is 4.48. The van der Waals surface area contributed by atoms with Gasteiger partial charge >= 0.3 is 6.09 Å². The van der Waals surface area contributed by atoms with E-state index in [9.17, 15) is 4.79 Å². The van der Waals surface area contributed by atoms with Gasteiger partial charge in [-0.1, -0.05) is 33.3 Å². The number of benzene rings is 1. The van der Waals surface area contributed by atoms with E-state index in [1.165, 1.54) is 0 Å². The first-order chi connectivity index (χ1) is 10.6. The van der Waals surface area contributed by atoms with Gasteiger partial charge in [0.05, 0.1) is 11.8 Å². The monoisotopic (exact) mass is 298 g/mol. The first-order valence-electron chi connectivity index (χ1n) is 7.83. The number of fused-ring (bicyclic) bond motifs is 1. The molecule has 0 spiro atoms. The van der Waals surface area contributed by atoms with Crippen molar-refractivity contribution >= 4 is 17.4 Å². The van der Waals surface area contributed by atoms with Crippen LogP contribution in [0.5, 0.6) is 0 Å². The van der Waals surface area contributed by atoms with Crippen LogP contribution in [-0.4, -0.2) is 6.09 Å². The molecule has 0 radical (unpaired) electrons. The molecule has 1 aromatic carbocycles. The van der Waals surface area contributed by atoms with Gasteiger partial charge in [-0.2, -0.15) is 5.26 Å². The Bertz CT molecular complexity index is 637. The Kier molecular flexibility index (Phi) is 4.87. The van der Waals surface area contributed by atoms with Crippen LogP contribution in [0.3, 0.4) is 0 Å². The number of carbonyl (C=O) groups excluding carboxylic acids is 1. The van der Waals surface area contributed by atoms with Gasteiger partial charge in [0.1, 0.15) is 5.60 Å². The van der Waals surface area contributed by atoms with Crippen LogP contribution in [0.2, 0.25) is 0 Å². The molecule has 0 fully saturated rings. The van der Waals surface area contributed by atoms with E-state index < -0.39 is 11.7 Å². The number of nitrogens with one attached hydrogen (secondary N) is 1. The number of ether oxygens (including phenoxy) is 1. The summed E-state index contributed by atoms with van der Waals surface area (Å²) in [5.74, 6) is 0. The van der Waals surface area contributed by atoms with Gasteiger partial charge in [0.2, 0.25) is 0 Å². The van der Waals surface area contributed by atoms with E-state index in [2.05, 4.69) is 24.4 Å². The number of nitriles is 1. The van der Waals surface area contributed by atoms with Crippen molar-refractivity contribution in [1.29, 1.82) is 5.26 Å². The average molecular weight is 298 g/mol. The highest BCUT2D eigenvalue weighted by Gasteiger charge is 2.39. The van der Waals surface area contributed by atoms with Crippen molar-refractivity contribution in [2.24, 2.45) is 0 Å². The lowest BCUT2D eigenvalue weighted by Gasteiger charge is -2.37. The number of nitrogens with zero attached hydrogens (tertiary/aromatic N) is 1. The molecule has 1 aromatic rings. The van der Waals surface area contributed by atoms with E-state index in [1.54, 1.807) is 6.08 Å². The molecule has 1 aliphatic heterocycles. The Morgan fingerprint density at radius 3 is 2.68 bits per heavy atom. The van der Waals surface area contributed by atoms with E-state index in [0.717, 1.165) is 48.1 Å². The third kappa shape index (κ3) is 2.85. The summed E-state index contributed by atoms with van der Waals surface area (Å²) in [6, 6.07) is 8.05. The molecule has 116 valence electrons. The summed E-state index contributed by atoms with van der Waals surface area (Å²) in [5, 5.41) is 11.8. The number of anilines is 1. The normalized spacial score (nSPS) is 16.3. The largest absolute Gasteiger partial charge is 0.438 e. The van der Waals surface area contributed by atoms with Gasteiger partial charge in [0, 0.05) is 11.6 Å². The minimum absolute atomic E-state index is 0.398. The van der Waals surface area contributed by atoms with Crippen LogP contribution in [0.1, 0.15) is 57.6 Å². The maximum absolute atomic E-state index is 11.8. The number of carbonyl (C=O) groups is 1. The van der Waals surface area contributed by atoms with Crippen molar-refractivity contribution in [3.63, 3.8) is 0 Å². The van der Waals surface area contributed by atoms with Crippen LogP contribution >= 0.6 is 0 Å². The summed E-state index contributed by atoms with van der Waals surface area (Å²) in [4.78, 5) is 11.8. The fourth-order valence-electron chi connectivity index (χ4n) is 3.02. The van der Waals surface area contributed by atoms with Gasteiger partial charge in [0.25, 0.3) is 0 Å². The molecule has 0 aliphatic carbocycles. The third-order valence-electron chi connectivity index (χ3n) is 4.31. The van der Waals surface area contributed by atoms with Crippen molar-refractivity contribution in [1.82, 2.24) is 0 Å². The van der Waals surface area contributed by atoms with E-state index in [1.807, 2.05) is 26.0 Å². The minimum Gasteiger partial charge on any atom is -0.438 e. The van der Waals surface area contributed by atoms with Crippen LogP contribution in [-0.2, 0) is 10.3 Å². The Balaban J connectivity index is 2.55. The number of allylic oxidation sites excluding steroid dienone is 2. The van der Waals surface area contributed by atoms with Crippen LogP contribution in [0.25, 0.3) is 5.57 Å². The van der Waals surface area contributed by atoms with E-state index >= 15 is 0 Å². The second kappa shape index (κ2) is 6.65. The molecule has 0 saturated carbocycles. The van der Waals surface area contributed by atoms with Crippen molar-refractivity contribution < 1.29 is 9.53 Å². The highest BCUT2D eigenvalue weighted by Crippen LogP contribution is 2.42. The first-order valence-corrected chi connectivity index (χ1v) is 7.83. The lowest BCUT2D eigenvalue weighted by Crippen LogP contribution is -2.38. The van der Waals surface area contributed by atoms with E-state index in [4.69, 9.17) is 10.00 Å². The number of cyclic esters (lactones) is 1. The van der Waals surface area contributed by atoms with Crippen LogP contribution < -0.4 is 5.32 Å². The third-order valence-corrected chi connectivity index (χ3v) is 4.31. The Hall–Kier alpha value is -2.28. The molecule has 22 heavy (non-hydrogen) atoms. The highest BCUT2D eigenvalue weighted by atomic mass is 16.6. The zero-order valence-electron chi connectivity index (χ0n) is 13.4. The fraction of sp³-hybridized carbons (Fsp3) is 0.444. The summed E-state index contributed by atoms with van der Waals surface area (Å²) >= 11 is 0. The van der Waals surface area contributed by atoms with Crippen LogP contribution in [0.4, 0.5) is 10.5 Å². The van der Waals surface area contributed by atoms with Gasteiger partial charge in [-0.3, -0.25) is 5.32 Å². The predicted molar refractivity (Wildman–Crippen MR) is 87.3 cm³/mol. The Labute approximate surface area is 131 Å². The maximum atomic E-state index is 11.8. The summed E-state index contributed by atoms with van der Waals surface area (Å²) < 4.78 is 5.62. The van der Waals surface area contributed by atoms with Gasteiger partial charge < -0.3 is 4.74 Å². The number of rotatable bonds is 5. The van der Waals surface area contributed by atoms with Gasteiger partial charge in [-0.25, -0.2) is 4.79 Å². The predicted octanol–water partition coefficient (Wildman–Crippen LogP) is 4.97. The fourth-order valence-corrected chi connectivity index (χ4v) is 3.02. The number of hydrogen-bond acceptors (Lipinski definition) is 3. The van der Waals surface area contributed by atoms with E-state index in [0.29, 0.717) is 0 Å². The van der Waals surface area contributed by atoms with Gasteiger partial charge in [0.15, 0.2) is 0 Å². The SMILES string of the molecule is CCCC(=CC#N)c1ccc2c(c1)C(CC)(CC)OC(=O)N2. The second-order valence-electron chi connectivity index (χ2n) is 5.52. The van der Waals surface area contributed by atoms with Crippen molar-refractivity contribution in [3.8, 4) is 6.07 Å². The standard InChI is InChI=1S/C18H22N2O2/c1-4-7-13(10-11-19)14-8-9-16-15(12-14)18(5-2,6-3)22-17(21)20-16/h8-10,12H,4-7H2,1-3H3,(H,20,21). The molecule has 0 atom stereocenters.